The molecule has 1 rings (SSSR count). The van der Waals surface area contributed by atoms with Crippen LogP contribution in [0.15, 0.2) is 12.1 Å². The van der Waals surface area contributed by atoms with Crippen molar-refractivity contribution in [1.82, 2.24) is 10.6 Å². The third-order valence-corrected chi connectivity index (χ3v) is 3.66. The van der Waals surface area contributed by atoms with E-state index in [1.807, 2.05) is 20.9 Å². The van der Waals surface area contributed by atoms with Crippen LogP contribution in [-0.2, 0) is 0 Å². The number of halogens is 1. The van der Waals surface area contributed by atoms with Crippen molar-refractivity contribution in [3.05, 3.63) is 22.7 Å². The lowest BCUT2D eigenvalue weighted by Crippen LogP contribution is -2.37. The number of rotatable bonds is 10. The van der Waals surface area contributed by atoms with Crippen molar-refractivity contribution in [3.8, 4) is 11.5 Å². The summed E-state index contributed by atoms with van der Waals surface area (Å²) in [6.45, 7) is 7.54. The SMILES string of the molecule is CCCCOc1c(Cl)cc(C(=O)NCC(C)NC)cc1OCC. The van der Waals surface area contributed by atoms with Gasteiger partial charge in [0.25, 0.3) is 5.91 Å². The second-order valence-electron chi connectivity index (χ2n) is 5.32. The number of amides is 1. The average Bonchev–Trinajstić information content (AvgIpc) is 2.54. The zero-order valence-electron chi connectivity index (χ0n) is 14.4. The Morgan fingerprint density at radius 2 is 2.04 bits per heavy atom. The van der Waals surface area contributed by atoms with Crippen LogP contribution in [0, 0.1) is 0 Å². The minimum Gasteiger partial charge on any atom is -0.490 e. The van der Waals surface area contributed by atoms with Gasteiger partial charge in [0.1, 0.15) is 0 Å². The molecule has 1 aromatic rings. The van der Waals surface area contributed by atoms with Crippen molar-refractivity contribution in [1.29, 1.82) is 0 Å². The summed E-state index contributed by atoms with van der Waals surface area (Å²) in [7, 11) is 1.85. The van der Waals surface area contributed by atoms with Crippen LogP contribution in [0.25, 0.3) is 0 Å². The van der Waals surface area contributed by atoms with Gasteiger partial charge in [0.2, 0.25) is 0 Å². The summed E-state index contributed by atoms with van der Waals surface area (Å²) in [4.78, 5) is 12.3. The van der Waals surface area contributed by atoms with Crippen LogP contribution in [0.5, 0.6) is 11.5 Å². The Bertz CT molecular complexity index is 509. The maximum atomic E-state index is 12.3. The lowest BCUT2D eigenvalue weighted by atomic mass is 10.1. The van der Waals surface area contributed by atoms with Crippen molar-refractivity contribution in [2.45, 2.75) is 39.7 Å². The third-order valence-electron chi connectivity index (χ3n) is 3.38. The van der Waals surface area contributed by atoms with E-state index in [9.17, 15) is 4.79 Å². The fourth-order valence-electron chi connectivity index (χ4n) is 1.87. The first-order valence-electron chi connectivity index (χ1n) is 8.08. The predicted molar refractivity (Wildman–Crippen MR) is 93.9 cm³/mol. The van der Waals surface area contributed by atoms with E-state index in [-0.39, 0.29) is 11.9 Å². The molecule has 0 heterocycles. The van der Waals surface area contributed by atoms with Crippen molar-refractivity contribution in [3.63, 3.8) is 0 Å². The fourth-order valence-corrected chi connectivity index (χ4v) is 2.14. The van der Waals surface area contributed by atoms with Gasteiger partial charge in [-0.25, -0.2) is 0 Å². The Kier molecular flexibility index (Phi) is 8.81. The molecule has 0 bridgehead atoms. The smallest absolute Gasteiger partial charge is 0.251 e. The highest BCUT2D eigenvalue weighted by Gasteiger charge is 2.16. The molecule has 0 spiro atoms. The Hall–Kier alpha value is -1.46. The van der Waals surface area contributed by atoms with Gasteiger partial charge in [-0.2, -0.15) is 0 Å². The van der Waals surface area contributed by atoms with E-state index in [1.54, 1.807) is 12.1 Å². The van der Waals surface area contributed by atoms with E-state index < -0.39 is 0 Å². The molecular formula is C17H27ClN2O3. The topological polar surface area (TPSA) is 59.6 Å². The van der Waals surface area contributed by atoms with E-state index in [4.69, 9.17) is 21.1 Å². The number of benzene rings is 1. The highest BCUT2D eigenvalue weighted by molar-refractivity contribution is 6.32. The van der Waals surface area contributed by atoms with Gasteiger partial charge in [0.05, 0.1) is 18.2 Å². The molecular weight excluding hydrogens is 316 g/mol. The molecule has 0 aliphatic carbocycles. The van der Waals surface area contributed by atoms with Crippen LogP contribution >= 0.6 is 11.6 Å². The highest BCUT2D eigenvalue weighted by Crippen LogP contribution is 2.36. The van der Waals surface area contributed by atoms with Gasteiger partial charge < -0.3 is 20.1 Å². The molecule has 0 aliphatic rings. The van der Waals surface area contributed by atoms with E-state index in [0.29, 0.717) is 41.8 Å². The van der Waals surface area contributed by atoms with Crippen LogP contribution in [-0.4, -0.2) is 38.8 Å². The second kappa shape index (κ2) is 10.3. The largest absolute Gasteiger partial charge is 0.490 e. The monoisotopic (exact) mass is 342 g/mol. The molecule has 1 aromatic carbocycles. The first-order chi connectivity index (χ1) is 11.0. The van der Waals surface area contributed by atoms with Gasteiger partial charge in [-0.05, 0) is 39.4 Å². The van der Waals surface area contributed by atoms with E-state index in [1.165, 1.54) is 0 Å². The summed E-state index contributed by atoms with van der Waals surface area (Å²) in [5, 5.41) is 6.32. The number of ether oxygens (including phenoxy) is 2. The standard InChI is InChI=1S/C17H27ClN2O3/c1-5-7-8-23-16-14(18)9-13(10-15(16)22-6-2)17(21)20-11-12(3)19-4/h9-10,12,19H,5-8,11H2,1-4H3,(H,20,21). The molecule has 2 N–H and O–H groups in total. The Morgan fingerprint density at radius 3 is 2.65 bits per heavy atom. The minimum atomic E-state index is -0.185. The molecule has 0 aromatic heterocycles. The first kappa shape index (κ1) is 19.6. The average molecular weight is 343 g/mol. The lowest BCUT2D eigenvalue weighted by molar-refractivity contribution is 0.0950. The molecule has 6 heteroatoms. The molecule has 0 saturated heterocycles. The summed E-state index contributed by atoms with van der Waals surface area (Å²) in [5.41, 5.74) is 0.463. The first-order valence-corrected chi connectivity index (χ1v) is 8.45. The van der Waals surface area contributed by atoms with Crippen LogP contribution in [0.3, 0.4) is 0 Å². The number of hydrogen-bond acceptors (Lipinski definition) is 4. The van der Waals surface area contributed by atoms with Gasteiger partial charge in [-0.1, -0.05) is 24.9 Å². The van der Waals surface area contributed by atoms with E-state index in [0.717, 1.165) is 12.8 Å². The van der Waals surface area contributed by atoms with Crippen molar-refractivity contribution < 1.29 is 14.3 Å². The molecule has 5 nitrogen and oxygen atoms in total. The number of hydrogen-bond donors (Lipinski definition) is 2. The molecule has 1 unspecified atom stereocenters. The Labute approximate surface area is 143 Å². The molecule has 0 radical (unpaired) electrons. The van der Waals surface area contributed by atoms with E-state index in [2.05, 4.69) is 17.6 Å². The van der Waals surface area contributed by atoms with E-state index >= 15 is 0 Å². The maximum Gasteiger partial charge on any atom is 0.251 e. The summed E-state index contributed by atoms with van der Waals surface area (Å²) in [6, 6.07) is 3.48. The van der Waals surface area contributed by atoms with Crippen molar-refractivity contribution in [2.24, 2.45) is 0 Å². The molecule has 0 fully saturated rings. The fraction of sp³-hybridized carbons (Fsp3) is 0.588. The number of nitrogens with one attached hydrogen (secondary N) is 2. The molecule has 23 heavy (non-hydrogen) atoms. The zero-order chi connectivity index (χ0) is 17.2. The number of carbonyl (C=O) groups is 1. The number of likely N-dealkylation sites (N-methyl/N-ethyl adjacent to an activating group) is 1. The molecule has 0 saturated carbocycles. The summed E-state index contributed by atoms with van der Waals surface area (Å²) in [5.74, 6) is 0.820. The van der Waals surface area contributed by atoms with Gasteiger partial charge >= 0.3 is 0 Å². The van der Waals surface area contributed by atoms with Crippen molar-refractivity contribution >= 4 is 17.5 Å². The van der Waals surface area contributed by atoms with Crippen LogP contribution in [0.4, 0.5) is 0 Å². The maximum absolute atomic E-state index is 12.3. The quantitative estimate of drug-likeness (QED) is 0.641. The predicted octanol–water partition coefficient (Wildman–Crippen LogP) is 3.26. The normalized spacial score (nSPS) is 11.9. The summed E-state index contributed by atoms with van der Waals surface area (Å²) >= 11 is 6.29. The summed E-state index contributed by atoms with van der Waals surface area (Å²) < 4.78 is 11.3. The second-order valence-corrected chi connectivity index (χ2v) is 5.73. The highest BCUT2D eigenvalue weighted by atomic mass is 35.5. The van der Waals surface area contributed by atoms with Crippen LogP contribution in [0.2, 0.25) is 5.02 Å². The third kappa shape index (κ3) is 6.28. The Balaban J connectivity index is 2.91. The molecule has 0 aliphatic heterocycles. The summed E-state index contributed by atoms with van der Waals surface area (Å²) in [6.07, 6.45) is 1.97. The lowest BCUT2D eigenvalue weighted by Gasteiger charge is -2.16. The van der Waals surface area contributed by atoms with Crippen LogP contribution in [0.1, 0.15) is 44.0 Å². The van der Waals surface area contributed by atoms with Crippen molar-refractivity contribution in [2.75, 3.05) is 26.8 Å². The Morgan fingerprint density at radius 1 is 1.30 bits per heavy atom. The molecule has 1 amide bonds. The molecule has 130 valence electrons. The number of unbranched alkanes of at least 4 members (excludes halogenated alkanes) is 1. The zero-order valence-corrected chi connectivity index (χ0v) is 15.1. The van der Waals surface area contributed by atoms with Gasteiger partial charge in [-0.3, -0.25) is 4.79 Å². The van der Waals surface area contributed by atoms with Gasteiger partial charge in [0, 0.05) is 18.2 Å². The minimum absolute atomic E-state index is 0.185. The van der Waals surface area contributed by atoms with Gasteiger partial charge in [-0.15, -0.1) is 0 Å². The molecule has 1 atom stereocenters. The van der Waals surface area contributed by atoms with Crippen LogP contribution < -0.4 is 20.1 Å². The van der Waals surface area contributed by atoms with Gasteiger partial charge in [0.15, 0.2) is 11.5 Å². The number of carbonyl (C=O) groups excluding carboxylic acids is 1.